The largest absolute Gasteiger partial charge is 0.454 e. The van der Waals surface area contributed by atoms with Crippen LogP contribution in [-0.4, -0.2) is 68.3 Å². The molecule has 0 unspecified atom stereocenters. The highest BCUT2D eigenvalue weighted by atomic mass is 35.5. The predicted molar refractivity (Wildman–Crippen MR) is 88.4 cm³/mol. The third-order valence-electron chi connectivity index (χ3n) is 4.41. The average molecular weight is 340 g/mol. The van der Waals surface area contributed by atoms with Gasteiger partial charge in [0.15, 0.2) is 11.5 Å². The molecule has 0 aromatic heterocycles. The summed E-state index contributed by atoms with van der Waals surface area (Å²) < 4.78 is 10.6. The number of amides is 1. The Balaban J connectivity index is 1.56. The van der Waals surface area contributed by atoms with E-state index in [9.17, 15) is 4.79 Å². The van der Waals surface area contributed by atoms with Crippen molar-refractivity contribution in [3.8, 4) is 11.5 Å². The second kappa shape index (κ2) is 6.95. The molecule has 23 heavy (non-hydrogen) atoms. The Morgan fingerprint density at radius 2 is 2.04 bits per heavy atom. The lowest BCUT2D eigenvalue weighted by Crippen LogP contribution is -2.51. The van der Waals surface area contributed by atoms with Crippen LogP contribution in [0.2, 0.25) is 5.02 Å². The molecule has 1 amide bonds. The molecule has 1 saturated heterocycles. The smallest absolute Gasteiger partial charge is 0.251 e. The van der Waals surface area contributed by atoms with Crippen LogP contribution >= 0.6 is 11.6 Å². The molecule has 1 atom stereocenters. The number of halogens is 1. The number of hydrogen-bond donors (Lipinski definition) is 1. The Bertz CT molecular complexity index is 588. The normalized spacial score (nSPS) is 19.6. The summed E-state index contributed by atoms with van der Waals surface area (Å²) in [6, 6.07) is 3.59. The zero-order valence-corrected chi connectivity index (χ0v) is 14.2. The number of likely N-dealkylation sites (N-methyl/N-ethyl adjacent to an activating group) is 1. The number of fused-ring (bicyclic) bond motifs is 1. The topological polar surface area (TPSA) is 54.0 Å². The summed E-state index contributed by atoms with van der Waals surface area (Å²) in [6.45, 7) is 7.08. The molecule has 6 nitrogen and oxygen atoms in total. The monoisotopic (exact) mass is 339 g/mol. The molecule has 2 aliphatic heterocycles. The Morgan fingerprint density at radius 3 is 2.78 bits per heavy atom. The van der Waals surface area contributed by atoms with Crippen molar-refractivity contribution in [1.82, 2.24) is 15.1 Å². The summed E-state index contributed by atoms with van der Waals surface area (Å²) in [6.07, 6.45) is 0. The van der Waals surface area contributed by atoms with Gasteiger partial charge < -0.3 is 19.7 Å². The van der Waals surface area contributed by atoms with Gasteiger partial charge in [-0.1, -0.05) is 11.6 Å². The van der Waals surface area contributed by atoms with Gasteiger partial charge in [0.25, 0.3) is 5.91 Å². The first kappa shape index (κ1) is 16.4. The molecule has 2 heterocycles. The van der Waals surface area contributed by atoms with Crippen molar-refractivity contribution in [2.24, 2.45) is 0 Å². The summed E-state index contributed by atoms with van der Waals surface area (Å²) in [5, 5.41) is 3.38. The van der Waals surface area contributed by atoms with Crippen molar-refractivity contribution < 1.29 is 14.3 Å². The quantitative estimate of drug-likeness (QED) is 0.899. The van der Waals surface area contributed by atoms with Gasteiger partial charge in [-0.25, -0.2) is 0 Å². The fraction of sp³-hybridized carbons (Fsp3) is 0.562. The minimum Gasteiger partial charge on any atom is -0.454 e. The van der Waals surface area contributed by atoms with E-state index in [0.717, 1.165) is 26.2 Å². The summed E-state index contributed by atoms with van der Waals surface area (Å²) in [5.74, 6) is 0.884. The first-order valence-corrected chi connectivity index (χ1v) is 8.22. The van der Waals surface area contributed by atoms with Crippen LogP contribution < -0.4 is 14.8 Å². The van der Waals surface area contributed by atoms with Crippen LogP contribution in [0.15, 0.2) is 12.1 Å². The fourth-order valence-electron chi connectivity index (χ4n) is 2.83. The highest BCUT2D eigenvalue weighted by molar-refractivity contribution is 6.32. The maximum absolute atomic E-state index is 12.3. The lowest BCUT2D eigenvalue weighted by molar-refractivity contribution is 0.0903. The molecule has 1 fully saturated rings. The molecule has 0 radical (unpaired) electrons. The molecule has 0 bridgehead atoms. The molecular weight excluding hydrogens is 318 g/mol. The zero-order valence-electron chi connectivity index (χ0n) is 13.5. The van der Waals surface area contributed by atoms with E-state index in [-0.39, 0.29) is 12.7 Å². The van der Waals surface area contributed by atoms with Gasteiger partial charge in [0, 0.05) is 44.3 Å². The minimum absolute atomic E-state index is 0.139. The number of ether oxygens (including phenoxy) is 2. The SMILES string of the molecule is C[C@@H](CNC(=O)c1cc(Cl)c2c(c1)OCO2)N1CCN(C)CC1. The van der Waals surface area contributed by atoms with Crippen LogP contribution in [0, 0.1) is 0 Å². The maximum atomic E-state index is 12.3. The van der Waals surface area contributed by atoms with Gasteiger partial charge in [0.05, 0.1) is 5.02 Å². The Labute approximate surface area is 141 Å². The number of carbonyl (C=O) groups is 1. The lowest BCUT2D eigenvalue weighted by Gasteiger charge is -2.36. The van der Waals surface area contributed by atoms with Gasteiger partial charge >= 0.3 is 0 Å². The summed E-state index contributed by atoms with van der Waals surface area (Å²) >= 11 is 6.12. The third-order valence-corrected chi connectivity index (χ3v) is 4.69. The van der Waals surface area contributed by atoms with Crippen molar-refractivity contribution in [1.29, 1.82) is 0 Å². The third kappa shape index (κ3) is 3.71. The van der Waals surface area contributed by atoms with Crippen molar-refractivity contribution in [3.63, 3.8) is 0 Å². The second-order valence-corrected chi connectivity index (χ2v) is 6.50. The van der Waals surface area contributed by atoms with Crippen molar-refractivity contribution in [3.05, 3.63) is 22.7 Å². The van der Waals surface area contributed by atoms with Crippen LogP contribution in [0.3, 0.4) is 0 Å². The van der Waals surface area contributed by atoms with Crippen molar-refractivity contribution in [2.75, 3.05) is 46.6 Å². The zero-order chi connectivity index (χ0) is 16.4. The number of carbonyl (C=O) groups excluding carboxylic acids is 1. The molecule has 1 aromatic carbocycles. The van der Waals surface area contributed by atoms with Crippen LogP contribution in [0.5, 0.6) is 11.5 Å². The first-order valence-electron chi connectivity index (χ1n) is 7.84. The van der Waals surface area contributed by atoms with E-state index in [1.54, 1.807) is 12.1 Å². The van der Waals surface area contributed by atoms with Crippen LogP contribution in [0.1, 0.15) is 17.3 Å². The predicted octanol–water partition coefficient (Wildman–Crippen LogP) is 1.43. The lowest BCUT2D eigenvalue weighted by atomic mass is 10.1. The van der Waals surface area contributed by atoms with E-state index in [2.05, 4.69) is 29.1 Å². The summed E-state index contributed by atoms with van der Waals surface area (Å²) in [7, 11) is 2.13. The molecule has 0 aliphatic carbocycles. The number of hydrogen-bond acceptors (Lipinski definition) is 5. The van der Waals surface area contributed by atoms with E-state index >= 15 is 0 Å². The Morgan fingerprint density at radius 1 is 1.30 bits per heavy atom. The number of nitrogens with zero attached hydrogens (tertiary/aromatic N) is 2. The Kier molecular flexibility index (Phi) is 4.94. The maximum Gasteiger partial charge on any atom is 0.251 e. The van der Waals surface area contributed by atoms with Crippen molar-refractivity contribution in [2.45, 2.75) is 13.0 Å². The van der Waals surface area contributed by atoms with E-state index in [4.69, 9.17) is 21.1 Å². The van der Waals surface area contributed by atoms with Crippen LogP contribution in [-0.2, 0) is 0 Å². The standard InChI is InChI=1S/C16H22ClN3O3/c1-11(20-5-3-19(2)4-6-20)9-18-16(21)12-7-13(17)15-14(8-12)22-10-23-15/h7-8,11H,3-6,9-10H2,1-2H3,(H,18,21)/t11-/m0/s1. The average Bonchev–Trinajstić information content (AvgIpc) is 3.02. The molecule has 126 valence electrons. The number of nitrogens with one attached hydrogen (secondary N) is 1. The van der Waals surface area contributed by atoms with Gasteiger partial charge in [-0.05, 0) is 26.1 Å². The molecular formula is C16H22ClN3O3. The molecule has 2 aliphatic rings. The van der Waals surface area contributed by atoms with Gasteiger partial charge in [0.2, 0.25) is 6.79 Å². The number of rotatable bonds is 4. The summed E-state index contributed by atoms with van der Waals surface area (Å²) in [4.78, 5) is 17.1. The van der Waals surface area contributed by atoms with Gasteiger partial charge in [0.1, 0.15) is 0 Å². The molecule has 3 rings (SSSR count). The molecule has 7 heteroatoms. The molecule has 1 aromatic rings. The van der Waals surface area contributed by atoms with E-state index in [1.807, 2.05) is 0 Å². The number of benzene rings is 1. The fourth-order valence-corrected chi connectivity index (χ4v) is 3.10. The van der Waals surface area contributed by atoms with Crippen molar-refractivity contribution >= 4 is 17.5 Å². The minimum atomic E-state index is -0.147. The van der Waals surface area contributed by atoms with E-state index < -0.39 is 0 Å². The summed E-state index contributed by atoms with van der Waals surface area (Å²) in [5.41, 5.74) is 0.491. The second-order valence-electron chi connectivity index (χ2n) is 6.09. The Hall–Kier alpha value is -1.50. The van der Waals surface area contributed by atoms with Crippen LogP contribution in [0.25, 0.3) is 0 Å². The molecule has 0 saturated carbocycles. The highest BCUT2D eigenvalue weighted by Gasteiger charge is 2.22. The molecule has 0 spiro atoms. The van der Waals surface area contributed by atoms with Gasteiger partial charge in [-0.3, -0.25) is 9.69 Å². The van der Waals surface area contributed by atoms with Gasteiger partial charge in [-0.15, -0.1) is 0 Å². The number of piperazine rings is 1. The first-order chi connectivity index (χ1) is 11.0. The highest BCUT2D eigenvalue weighted by Crippen LogP contribution is 2.39. The van der Waals surface area contributed by atoms with E-state index in [1.165, 1.54) is 0 Å². The molecule has 1 N–H and O–H groups in total. The van der Waals surface area contributed by atoms with E-state index in [0.29, 0.717) is 34.7 Å². The van der Waals surface area contributed by atoms with Gasteiger partial charge in [-0.2, -0.15) is 0 Å². The van der Waals surface area contributed by atoms with Crippen LogP contribution in [0.4, 0.5) is 0 Å².